The van der Waals surface area contributed by atoms with Crippen LogP contribution in [0, 0.1) is 0 Å². The molecule has 2 N–H and O–H groups in total. The van der Waals surface area contributed by atoms with Crippen LogP contribution in [0.1, 0.15) is 29.8 Å². The SMILES string of the molecule is CC(C)(NC(=O)c1cc2[nH]c3ccccc3c(=O)c2cc1S(C)(=O)=O)c1ccnc(N2CCOCC2)c1. The van der Waals surface area contributed by atoms with E-state index in [1.54, 1.807) is 30.5 Å². The third kappa shape index (κ3) is 4.82. The molecule has 2 aromatic carbocycles. The van der Waals surface area contributed by atoms with E-state index in [0.29, 0.717) is 29.6 Å². The molecule has 1 fully saturated rings. The Morgan fingerprint density at radius 3 is 2.51 bits per heavy atom. The monoisotopic (exact) mass is 520 g/mol. The number of aromatic nitrogens is 2. The highest BCUT2D eigenvalue weighted by Crippen LogP contribution is 2.27. The Hall–Kier alpha value is -3.76. The summed E-state index contributed by atoms with van der Waals surface area (Å²) in [5, 5.41) is 3.64. The van der Waals surface area contributed by atoms with E-state index in [0.717, 1.165) is 30.7 Å². The van der Waals surface area contributed by atoms with Crippen LogP contribution in [0.5, 0.6) is 0 Å². The molecule has 0 atom stereocenters. The number of benzene rings is 2. The number of pyridine rings is 2. The first-order chi connectivity index (χ1) is 17.5. The number of hydrogen-bond donors (Lipinski definition) is 2. The summed E-state index contributed by atoms with van der Waals surface area (Å²) in [6.45, 7) is 6.40. The van der Waals surface area contributed by atoms with E-state index in [4.69, 9.17) is 4.74 Å². The number of anilines is 1. The molecule has 10 heteroatoms. The third-order valence-electron chi connectivity index (χ3n) is 6.68. The van der Waals surface area contributed by atoms with Crippen LogP contribution in [-0.4, -0.2) is 56.9 Å². The van der Waals surface area contributed by atoms with Gasteiger partial charge in [-0.3, -0.25) is 9.59 Å². The maximum absolute atomic E-state index is 13.6. The molecule has 1 aliphatic rings. The highest BCUT2D eigenvalue weighted by molar-refractivity contribution is 7.90. The molecule has 5 rings (SSSR count). The molecule has 1 saturated heterocycles. The Morgan fingerprint density at radius 2 is 1.78 bits per heavy atom. The second-order valence-electron chi connectivity index (χ2n) is 9.75. The van der Waals surface area contributed by atoms with Crippen LogP contribution in [0.2, 0.25) is 0 Å². The van der Waals surface area contributed by atoms with E-state index in [9.17, 15) is 18.0 Å². The highest BCUT2D eigenvalue weighted by Gasteiger charge is 2.28. The lowest BCUT2D eigenvalue weighted by Crippen LogP contribution is -2.42. The van der Waals surface area contributed by atoms with Crippen molar-refractivity contribution in [1.29, 1.82) is 0 Å². The first kappa shape index (κ1) is 24.9. The van der Waals surface area contributed by atoms with Gasteiger partial charge in [0, 0.05) is 41.8 Å². The topological polar surface area (TPSA) is 121 Å². The number of para-hydroxylation sites is 1. The number of nitrogens with zero attached hydrogens (tertiary/aromatic N) is 2. The second kappa shape index (κ2) is 9.28. The summed E-state index contributed by atoms with van der Waals surface area (Å²) in [7, 11) is -3.82. The standard InChI is InChI=1S/C27H28N4O5S/c1-27(2,17-8-9-28-24(14-17)31-10-12-36-13-11-31)30-26(33)20-15-22-19(16-23(20)37(3,34)35)25(32)18-6-4-5-7-21(18)29-22/h4-9,14-16H,10-13H2,1-3H3,(H,29,32)(H,30,33). The van der Waals surface area contributed by atoms with Crippen molar-refractivity contribution in [2.24, 2.45) is 0 Å². The van der Waals surface area contributed by atoms with Gasteiger partial charge in [-0.1, -0.05) is 12.1 Å². The number of fused-ring (bicyclic) bond motifs is 2. The van der Waals surface area contributed by atoms with Crippen molar-refractivity contribution >= 4 is 43.4 Å². The van der Waals surface area contributed by atoms with Gasteiger partial charge in [0.25, 0.3) is 5.91 Å². The van der Waals surface area contributed by atoms with Crippen molar-refractivity contribution in [3.63, 3.8) is 0 Å². The molecule has 1 aliphatic heterocycles. The first-order valence-electron chi connectivity index (χ1n) is 12.0. The van der Waals surface area contributed by atoms with Gasteiger partial charge in [0.15, 0.2) is 15.3 Å². The number of aromatic amines is 1. The predicted octanol–water partition coefficient (Wildman–Crippen LogP) is 2.98. The minimum Gasteiger partial charge on any atom is -0.378 e. The number of nitrogens with one attached hydrogen (secondary N) is 2. The van der Waals surface area contributed by atoms with Crippen LogP contribution in [0.4, 0.5) is 5.82 Å². The zero-order valence-corrected chi connectivity index (χ0v) is 21.7. The third-order valence-corrected chi connectivity index (χ3v) is 7.81. The highest BCUT2D eigenvalue weighted by atomic mass is 32.2. The van der Waals surface area contributed by atoms with Gasteiger partial charge in [-0.25, -0.2) is 13.4 Å². The Labute approximate surface area is 214 Å². The summed E-state index contributed by atoms with van der Waals surface area (Å²) < 4.78 is 30.9. The lowest BCUT2D eigenvalue weighted by molar-refractivity contribution is 0.0908. The van der Waals surface area contributed by atoms with E-state index in [1.807, 2.05) is 26.0 Å². The van der Waals surface area contributed by atoms with E-state index in [2.05, 4.69) is 20.2 Å². The van der Waals surface area contributed by atoms with Crippen LogP contribution in [0.3, 0.4) is 0 Å². The minimum atomic E-state index is -3.82. The van der Waals surface area contributed by atoms with Gasteiger partial charge in [0.1, 0.15) is 5.82 Å². The molecule has 0 bridgehead atoms. The molecule has 2 aromatic heterocycles. The Kier molecular flexibility index (Phi) is 6.25. The smallest absolute Gasteiger partial charge is 0.253 e. The quantitative estimate of drug-likeness (QED) is 0.388. The normalized spacial score (nSPS) is 14.7. The lowest BCUT2D eigenvalue weighted by Gasteiger charge is -2.31. The van der Waals surface area contributed by atoms with E-state index in [-0.39, 0.29) is 21.3 Å². The number of hydrogen-bond acceptors (Lipinski definition) is 7. The van der Waals surface area contributed by atoms with Crippen LogP contribution >= 0.6 is 0 Å². The summed E-state index contributed by atoms with van der Waals surface area (Å²) >= 11 is 0. The fourth-order valence-corrected chi connectivity index (χ4v) is 5.51. The second-order valence-corrected chi connectivity index (χ2v) is 11.7. The summed E-state index contributed by atoms with van der Waals surface area (Å²) in [6, 6.07) is 13.5. The zero-order chi connectivity index (χ0) is 26.4. The molecule has 1 amide bonds. The first-order valence-corrected chi connectivity index (χ1v) is 13.8. The summed E-state index contributed by atoms with van der Waals surface area (Å²) in [6.07, 6.45) is 2.73. The minimum absolute atomic E-state index is 0.0311. The number of H-pyrrole nitrogens is 1. The maximum Gasteiger partial charge on any atom is 0.253 e. The molecule has 0 radical (unpaired) electrons. The Morgan fingerprint density at radius 1 is 1.05 bits per heavy atom. The van der Waals surface area contributed by atoms with Crippen molar-refractivity contribution in [1.82, 2.24) is 15.3 Å². The van der Waals surface area contributed by atoms with Crippen molar-refractivity contribution in [3.8, 4) is 0 Å². The average Bonchev–Trinajstić information content (AvgIpc) is 2.88. The maximum atomic E-state index is 13.6. The summed E-state index contributed by atoms with van der Waals surface area (Å²) in [5.41, 5.74) is 0.634. The predicted molar refractivity (Wildman–Crippen MR) is 143 cm³/mol. The molecular formula is C27H28N4O5S. The van der Waals surface area contributed by atoms with Gasteiger partial charge in [0.05, 0.1) is 34.7 Å². The molecule has 4 aromatic rings. The number of rotatable bonds is 5. The molecule has 0 unspecified atom stereocenters. The summed E-state index contributed by atoms with van der Waals surface area (Å²) in [5.74, 6) is 0.223. The van der Waals surface area contributed by atoms with Crippen LogP contribution < -0.4 is 15.6 Å². The molecule has 0 aliphatic carbocycles. The Balaban J connectivity index is 1.55. The van der Waals surface area contributed by atoms with Gasteiger partial charge in [-0.05, 0) is 55.8 Å². The van der Waals surface area contributed by atoms with Gasteiger partial charge >= 0.3 is 0 Å². The van der Waals surface area contributed by atoms with Gasteiger partial charge < -0.3 is 19.9 Å². The molecule has 9 nitrogen and oxygen atoms in total. The number of carbonyl (C=O) groups is 1. The summed E-state index contributed by atoms with van der Waals surface area (Å²) in [4.78, 5) is 36.2. The molecule has 3 heterocycles. The van der Waals surface area contributed by atoms with Crippen molar-refractivity contribution in [2.75, 3.05) is 37.5 Å². The van der Waals surface area contributed by atoms with Gasteiger partial charge in [-0.15, -0.1) is 0 Å². The fourth-order valence-electron chi connectivity index (χ4n) is 4.63. The van der Waals surface area contributed by atoms with Crippen LogP contribution in [-0.2, 0) is 20.1 Å². The van der Waals surface area contributed by atoms with E-state index < -0.39 is 21.3 Å². The van der Waals surface area contributed by atoms with Gasteiger partial charge in [0.2, 0.25) is 0 Å². The van der Waals surface area contributed by atoms with Crippen LogP contribution in [0.15, 0.2) is 64.4 Å². The van der Waals surface area contributed by atoms with Crippen LogP contribution in [0.25, 0.3) is 21.8 Å². The van der Waals surface area contributed by atoms with E-state index >= 15 is 0 Å². The zero-order valence-electron chi connectivity index (χ0n) is 20.9. The average molecular weight is 521 g/mol. The lowest BCUT2D eigenvalue weighted by atomic mass is 9.94. The van der Waals surface area contributed by atoms with Crippen molar-refractivity contribution in [3.05, 3.63) is 76.1 Å². The number of carbonyl (C=O) groups excluding carboxylic acids is 1. The molecule has 0 saturated carbocycles. The van der Waals surface area contributed by atoms with Crippen molar-refractivity contribution in [2.45, 2.75) is 24.3 Å². The number of morpholine rings is 1. The largest absolute Gasteiger partial charge is 0.378 e. The number of ether oxygens (including phenoxy) is 1. The van der Waals surface area contributed by atoms with E-state index in [1.165, 1.54) is 12.1 Å². The Bertz CT molecular complexity index is 1690. The molecule has 37 heavy (non-hydrogen) atoms. The number of sulfone groups is 1. The molecule has 192 valence electrons. The van der Waals surface area contributed by atoms with Crippen molar-refractivity contribution < 1.29 is 17.9 Å². The van der Waals surface area contributed by atoms with Gasteiger partial charge in [-0.2, -0.15) is 0 Å². The fraction of sp³-hybridized carbons (Fsp3) is 0.296. The molecular weight excluding hydrogens is 492 g/mol. The number of amides is 1. The molecule has 0 spiro atoms.